The van der Waals surface area contributed by atoms with Crippen LogP contribution < -0.4 is 5.32 Å². The Morgan fingerprint density at radius 3 is 2.48 bits per heavy atom. The predicted octanol–water partition coefficient (Wildman–Crippen LogP) is 1.66. The number of nitrogens with one attached hydrogen (secondary N) is 1. The van der Waals surface area contributed by atoms with Crippen LogP contribution in [-0.2, 0) is 19.1 Å². The van der Waals surface area contributed by atoms with E-state index in [1.165, 1.54) is 0 Å². The van der Waals surface area contributed by atoms with Gasteiger partial charge in [0.05, 0.1) is 6.61 Å². The molecule has 0 aliphatic carbocycles. The minimum absolute atomic E-state index is 0.0776. The van der Waals surface area contributed by atoms with Crippen molar-refractivity contribution in [3.63, 3.8) is 0 Å². The number of piperidine rings is 1. The van der Waals surface area contributed by atoms with Crippen LogP contribution in [-0.4, -0.2) is 79.2 Å². The first-order valence-corrected chi connectivity index (χ1v) is 11.0. The molecule has 1 spiro atoms. The van der Waals surface area contributed by atoms with E-state index in [4.69, 9.17) is 9.47 Å². The highest BCUT2D eigenvalue weighted by Gasteiger charge is 2.54. The molecule has 31 heavy (non-hydrogen) atoms. The van der Waals surface area contributed by atoms with Gasteiger partial charge in [-0.25, -0.2) is 0 Å². The third kappa shape index (κ3) is 5.07. The predicted molar refractivity (Wildman–Crippen MR) is 115 cm³/mol. The Labute approximate surface area is 183 Å². The summed E-state index contributed by atoms with van der Waals surface area (Å²) in [5.74, 6) is -0.427. The van der Waals surface area contributed by atoms with Gasteiger partial charge in [0.1, 0.15) is 11.8 Å². The average Bonchev–Trinajstić information content (AvgIpc) is 3.15. The molecule has 1 aromatic carbocycles. The van der Waals surface area contributed by atoms with Crippen LogP contribution in [0.3, 0.4) is 0 Å². The molecule has 8 nitrogen and oxygen atoms in total. The quantitative estimate of drug-likeness (QED) is 0.664. The van der Waals surface area contributed by atoms with Crippen molar-refractivity contribution in [2.45, 2.75) is 44.9 Å². The standard InChI is InChI=1S/C23H33N3O5/c1-17(2)21(28)25-13-10-23(11-14-25)26(22(29)18-8-5-4-6-9-18)19(16-31-23)20(27)24-12-7-15-30-3/h4-6,8-9,17,19H,7,10-16H2,1-3H3,(H,24,27). The summed E-state index contributed by atoms with van der Waals surface area (Å²) in [5.41, 5.74) is -0.361. The summed E-state index contributed by atoms with van der Waals surface area (Å²) in [6.45, 7) is 5.93. The molecule has 0 saturated carbocycles. The number of rotatable bonds is 7. The molecule has 2 fully saturated rings. The lowest BCUT2D eigenvalue weighted by atomic mass is 9.95. The second kappa shape index (κ2) is 10.2. The number of hydrogen-bond acceptors (Lipinski definition) is 5. The van der Waals surface area contributed by atoms with Crippen molar-refractivity contribution >= 4 is 17.7 Å². The van der Waals surface area contributed by atoms with Crippen molar-refractivity contribution in [1.29, 1.82) is 0 Å². The fraction of sp³-hybridized carbons (Fsp3) is 0.609. The molecule has 3 amide bonds. The molecule has 0 bridgehead atoms. The molecular weight excluding hydrogens is 398 g/mol. The van der Waals surface area contributed by atoms with Gasteiger partial charge in [0.2, 0.25) is 11.8 Å². The van der Waals surface area contributed by atoms with E-state index < -0.39 is 11.8 Å². The van der Waals surface area contributed by atoms with Crippen LogP contribution in [0.15, 0.2) is 30.3 Å². The number of carbonyl (C=O) groups is 3. The monoisotopic (exact) mass is 431 g/mol. The van der Waals surface area contributed by atoms with Gasteiger partial charge in [-0.2, -0.15) is 0 Å². The van der Waals surface area contributed by atoms with E-state index in [9.17, 15) is 14.4 Å². The first-order chi connectivity index (χ1) is 14.9. The summed E-state index contributed by atoms with van der Waals surface area (Å²) < 4.78 is 11.2. The smallest absolute Gasteiger partial charge is 0.256 e. The molecule has 0 aromatic heterocycles. The first-order valence-electron chi connectivity index (χ1n) is 11.0. The normalized spacial score (nSPS) is 20.3. The molecule has 2 aliphatic rings. The lowest BCUT2D eigenvalue weighted by Crippen LogP contribution is -2.60. The Hall–Kier alpha value is -2.45. The molecule has 1 aromatic rings. The highest BCUT2D eigenvalue weighted by Crippen LogP contribution is 2.38. The van der Waals surface area contributed by atoms with Gasteiger partial charge in [0, 0.05) is 57.7 Å². The summed E-state index contributed by atoms with van der Waals surface area (Å²) in [6, 6.07) is 8.26. The largest absolute Gasteiger partial charge is 0.385 e. The highest BCUT2D eigenvalue weighted by atomic mass is 16.5. The van der Waals surface area contributed by atoms with Gasteiger partial charge < -0.3 is 19.7 Å². The van der Waals surface area contributed by atoms with Crippen LogP contribution >= 0.6 is 0 Å². The van der Waals surface area contributed by atoms with Crippen LogP contribution in [0.4, 0.5) is 0 Å². The Kier molecular flexibility index (Phi) is 7.67. The van der Waals surface area contributed by atoms with Gasteiger partial charge in [0.15, 0.2) is 0 Å². The number of nitrogens with zero attached hydrogens (tertiary/aromatic N) is 2. The summed E-state index contributed by atoms with van der Waals surface area (Å²) in [4.78, 5) is 42.3. The lowest BCUT2D eigenvalue weighted by Gasteiger charge is -2.44. The second-order valence-electron chi connectivity index (χ2n) is 8.43. The molecule has 170 valence electrons. The number of hydrogen-bond donors (Lipinski definition) is 1. The van der Waals surface area contributed by atoms with Crippen LogP contribution in [0.25, 0.3) is 0 Å². The molecule has 8 heteroatoms. The van der Waals surface area contributed by atoms with Crippen molar-refractivity contribution in [1.82, 2.24) is 15.1 Å². The van der Waals surface area contributed by atoms with Crippen molar-refractivity contribution in [3.05, 3.63) is 35.9 Å². The molecule has 2 heterocycles. The van der Waals surface area contributed by atoms with E-state index in [2.05, 4.69) is 5.32 Å². The highest BCUT2D eigenvalue weighted by molar-refractivity contribution is 5.98. The molecule has 2 saturated heterocycles. The number of amides is 3. The summed E-state index contributed by atoms with van der Waals surface area (Å²) in [6.07, 6.45) is 1.66. The third-order valence-corrected chi connectivity index (χ3v) is 5.98. The number of likely N-dealkylation sites (tertiary alicyclic amines) is 1. The average molecular weight is 432 g/mol. The SMILES string of the molecule is COCCCNC(=O)C1COC2(CCN(C(=O)C(C)C)CC2)N1C(=O)c1ccccc1. The molecule has 1 N–H and O–H groups in total. The first kappa shape index (κ1) is 23.2. The summed E-state index contributed by atoms with van der Waals surface area (Å²) in [5, 5.41) is 2.90. The fourth-order valence-electron chi connectivity index (χ4n) is 4.27. The molecule has 2 aliphatic heterocycles. The second-order valence-corrected chi connectivity index (χ2v) is 8.43. The topological polar surface area (TPSA) is 88.2 Å². The maximum absolute atomic E-state index is 13.5. The van der Waals surface area contributed by atoms with Gasteiger partial charge in [-0.3, -0.25) is 19.3 Å². The van der Waals surface area contributed by atoms with Gasteiger partial charge >= 0.3 is 0 Å². The Morgan fingerprint density at radius 2 is 1.87 bits per heavy atom. The molecule has 0 radical (unpaired) electrons. The van der Waals surface area contributed by atoms with E-state index in [0.29, 0.717) is 51.1 Å². The van der Waals surface area contributed by atoms with E-state index >= 15 is 0 Å². The zero-order valence-corrected chi connectivity index (χ0v) is 18.6. The maximum Gasteiger partial charge on any atom is 0.256 e. The van der Waals surface area contributed by atoms with E-state index in [0.717, 1.165) is 0 Å². The van der Waals surface area contributed by atoms with E-state index in [1.807, 2.05) is 24.8 Å². The number of ether oxygens (including phenoxy) is 2. The van der Waals surface area contributed by atoms with Crippen LogP contribution in [0.5, 0.6) is 0 Å². The van der Waals surface area contributed by atoms with Crippen LogP contribution in [0.1, 0.15) is 43.5 Å². The minimum Gasteiger partial charge on any atom is -0.385 e. The molecule has 1 atom stereocenters. The van der Waals surface area contributed by atoms with Crippen LogP contribution in [0, 0.1) is 5.92 Å². The van der Waals surface area contributed by atoms with E-state index in [1.54, 1.807) is 36.3 Å². The zero-order valence-electron chi connectivity index (χ0n) is 18.6. The summed E-state index contributed by atoms with van der Waals surface area (Å²) >= 11 is 0. The zero-order chi connectivity index (χ0) is 22.4. The van der Waals surface area contributed by atoms with Gasteiger partial charge in [-0.15, -0.1) is 0 Å². The fourth-order valence-corrected chi connectivity index (χ4v) is 4.27. The Balaban J connectivity index is 1.79. The van der Waals surface area contributed by atoms with Crippen molar-refractivity contribution < 1.29 is 23.9 Å². The number of carbonyl (C=O) groups excluding carboxylic acids is 3. The van der Waals surface area contributed by atoms with Crippen molar-refractivity contribution in [2.75, 3.05) is 40.0 Å². The number of methoxy groups -OCH3 is 1. The lowest BCUT2D eigenvalue weighted by molar-refractivity contribution is -0.146. The Morgan fingerprint density at radius 1 is 1.19 bits per heavy atom. The van der Waals surface area contributed by atoms with E-state index in [-0.39, 0.29) is 30.2 Å². The maximum atomic E-state index is 13.5. The molecular formula is C23H33N3O5. The minimum atomic E-state index is -0.880. The van der Waals surface area contributed by atoms with Crippen LogP contribution in [0.2, 0.25) is 0 Å². The number of benzene rings is 1. The Bertz CT molecular complexity index is 775. The van der Waals surface area contributed by atoms with Gasteiger partial charge in [0.25, 0.3) is 5.91 Å². The van der Waals surface area contributed by atoms with Gasteiger partial charge in [-0.05, 0) is 18.6 Å². The molecule has 3 rings (SSSR count). The summed E-state index contributed by atoms with van der Waals surface area (Å²) in [7, 11) is 1.62. The van der Waals surface area contributed by atoms with Gasteiger partial charge in [-0.1, -0.05) is 32.0 Å². The molecule has 1 unspecified atom stereocenters. The third-order valence-electron chi connectivity index (χ3n) is 5.98. The van der Waals surface area contributed by atoms with Crippen molar-refractivity contribution in [3.8, 4) is 0 Å². The van der Waals surface area contributed by atoms with Crippen molar-refractivity contribution in [2.24, 2.45) is 5.92 Å².